The lowest BCUT2D eigenvalue weighted by Gasteiger charge is -2.13. The average Bonchev–Trinajstić information content (AvgIpc) is 1.58. The van der Waals surface area contributed by atoms with E-state index in [4.69, 9.17) is 29.9 Å². The number of hydrogen-bond acceptors (Lipinski definition) is 6. The van der Waals surface area contributed by atoms with Crippen molar-refractivity contribution in [1.29, 1.82) is 0 Å². The molecule has 8 heteroatoms. The molecule has 104 heavy (non-hydrogen) atoms. The predicted molar refractivity (Wildman–Crippen MR) is 452 cm³/mol. The average molecular weight is 1400 g/mol. The van der Waals surface area contributed by atoms with Gasteiger partial charge in [-0.15, -0.1) is 52.6 Å². The monoisotopic (exact) mass is 1400 g/mol. The van der Waals surface area contributed by atoms with Gasteiger partial charge in [0.15, 0.2) is 23.3 Å². The zero-order chi connectivity index (χ0) is 72.8. The number of hydrogen-bond donors (Lipinski definition) is 2. The molecule has 0 aliphatic carbocycles. The number of H-pyrrole nitrogens is 2. The molecule has 0 unspecified atom stereocenters. The molecular weight excluding hydrogens is 1270 g/mol. The van der Waals surface area contributed by atoms with Crippen LogP contribution < -0.4 is 0 Å². The van der Waals surface area contributed by atoms with Crippen LogP contribution in [0.4, 0.5) is 0 Å². The Morgan fingerprint density at radius 1 is 0.192 bits per heavy atom. The number of nitrogens with zero attached hydrogens (tertiary/aromatic N) is 6. The zero-order valence-electron chi connectivity index (χ0n) is 64.5. The minimum absolute atomic E-state index is 0.736. The first-order valence-electron chi connectivity index (χ1n) is 41.7. The van der Waals surface area contributed by atoms with E-state index >= 15 is 0 Å². The quantitative estimate of drug-likeness (QED) is 0.0290. The topological polar surface area (TPSA) is 109 Å². The Morgan fingerprint density at radius 2 is 0.346 bits per heavy atom. The number of allylic oxidation sites excluding steroid dienone is 8. The van der Waals surface area contributed by atoms with E-state index in [0.29, 0.717) is 0 Å². The SMILES string of the molecule is C=CCCCCCCc1ccc(CCCCCCC=C)c2c1-c1nc-2nc2[nH]c(nc3nc(nc4[nH]c(n1)c1c(CCCCCCC=C)ccc(CCCCCCC=C)c41)-c1c(CCCCCCC=C)ccc(CCCCCCC=C)c1-3)c1c(CCCCCCC=C)ccc(CCCCCCC=C)c21. The van der Waals surface area contributed by atoms with E-state index in [1.807, 2.05) is 0 Å². The molecule has 0 fully saturated rings. The van der Waals surface area contributed by atoms with Gasteiger partial charge in [-0.25, -0.2) is 29.9 Å². The fourth-order valence-electron chi connectivity index (χ4n) is 16.2. The summed E-state index contributed by atoms with van der Waals surface area (Å²) in [6.07, 6.45) is 68.9. The largest absolute Gasteiger partial charge is 0.324 e. The lowest BCUT2D eigenvalue weighted by atomic mass is 9.91. The van der Waals surface area contributed by atoms with E-state index < -0.39 is 0 Å². The van der Waals surface area contributed by atoms with Crippen LogP contribution in [0.15, 0.2) is 150 Å². The van der Waals surface area contributed by atoms with Crippen LogP contribution in [0.5, 0.6) is 0 Å². The number of nitrogens with one attached hydrogen (secondary N) is 2. The number of rotatable bonds is 56. The Balaban J connectivity index is 1.43. The third-order valence-corrected chi connectivity index (χ3v) is 22.0. The highest BCUT2D eigenvalue weighted by Gasteiger charge is 2.30. The lowest BCUT2D eigenvalue weighted by molar-refractivity contribution is 0.644. The van der Waals surface area contributed by atoms with Gasteiger partial charge >= 0.3 is 0 Å². The van der Waals surface area contributed by atoms with Gasteiger partial charge in [-0.05, 0) is 250 Å². The van der Waals surface area contributed by atoms with Gasteiger partial charge in [0, 0.05) is 43.8 Å². The molecule has 0 saturated carbocycles. The molecule has 554 valence electrons. The normalized spacial score (nSPS) is 11.7. The number of unbranched alkanes of at least 4 members (excludes halogenated alkanes) is 32. The maximum absolute atomic E-state index is 6.08. The molecule has 2 aliphatic heterocycles. The Morgan fingerprint density at radius 3 is 0.519 bits per heavy atom. The van der Waals surface area contributed by atoms with Crippen LogP contribution in [0.25, 0.3) is 89.7 Å². The van der Waals surface area contributed by atoms with Gasteiger partial charge in [0.05, 0.1) is 0 Å². The van der Waals surface area contributed by atoms with Gasteiger partial charge in [0.25, 0.3) is 0 Å². The second-order valence-electron chi connectivity index (χ2n) is 30.1. The fraction of sp³-hybridized carbons (Fsp3) is 0.500. The number of aromatic nitrogens is 8. The third kappa shape index (κ3) is 23.1. The number of fused-ring (bicyclic) bond motifs is 20. The summed E-state index contributed by atoms with van der Waals surface area (Å²) in [4.78, 5) is 44.4. The number of benzene rings is 4. The second kappa shape index (κ2) is 45.5. The van der Waals surface area contributed by atoms with Crippen molar-refractivity contribution in [3.63, 3.8) is 0 Å². The van der Waals surface area contributed by atoms with Gasteiger partial charge in [-0.1, -0.05) is 200 Å². The molecule has 0 amide bonds. The molecule has 0 radical (unpaired) electrons. The molecule has 2 aliphatic rings. The minimum atomic E-state index is 0.736. The third-order valence-electron chi connectivity index (χ3n) is 22.0. The highest BCUT2D eigenvalue weighted by atomic mass is 15.1. The molecule has 0 atom stereocenters. The fourth-order valence-corrected chi connectivity index (χ4v) is 16.2. The Bertz CT molecular complexity index is 3580. The highest BCUT2D eigenvalue weighted by Crippen LogP contribution is 2.45. The van der Waals surface area contributed by atoms with E-state index in [1.165, 1.54) is 95.9 Å². The van der Waals surface area contributed by atoms with E-state index in [-0.39, 0.29) is 0 Å². The highest BCUT2D eigenvalue weighted by molar-refractivity contribution is 6.10. The van der Waals surface area contributed by atoms with Gasteiger partial charge in [-0.2, -0.15) is 0 Å². The predicted octanol–water partition coefficient (Wildman–Crippen LogP) is 28.3. The maximum Gasteiger partial charge on any atom is 0.165 e. The maximum atomic E-state index is 6.08. The van der Waals surface area contributed by atoms with Crippen molar-refractivity contribution in [2.24, 2.45) is 0 Å². The summed E-state index contributed by atoms with van der Waals surface area (Å²) in [5.41, 5.74) is 18.2. The summed E-state index contributed by atoms with van der Waals surface area (Å²) in [6, 6.07) is 19.5. The van der Waals surface area contributed by atoms with Crippen LogP contribution in [0.3, 0.4) is 0 Å². The van der Waals surface area contributed by atoms with Crippen LogP contribution in [0.1, 0.15) is 301 Å². The van der Waals surface area contributed by atoms with Crippen molar-refractivity contribution < 1.29 is 0 Å². The number of aryl methyl sites for hydroxylation is 8. The van der Waals surface area contributed by atoms with Crippen LogP contribution in [-0.4, -0.2) is 39.9 Å². The molecule has 9 rings (SSSR count). The standard InChI is InChI=1S/C96H130N8/c1-9-17-25-33-41-49-57-73-65-66-74(58-50-42-34-26-18-10-2)82-81(73)89-97-90(82)102-92-85-77(61-53-45-37-29-21-13-5)69-70-78(62-54-46-38-30-22-14-6)86(85)94(99-92)104-96-88-80(64-56-48-40-32-24-16-8)72-71-79(63-55-47-39-31-23-15-7)87(88)95(100-96)103-93-84-76(60-52-44-36-28-20-12-4)68-67-75(83(84)91(98-93)101-89)59-51-43-35-27-19-11-3/h9-16,65-72H,1-8,17-64H2,(H2,97,98,99,100,101,102,103,104). The van der Waals surface area contributed by atoms with Crippen molar-refractivity contribution in [1.82, 2.24) is 39.9 Å². The smallest absolute Gasteiger partial charge is 0.165 e. The van der Waals surface area contributed by atoms with Crippen molar-refractivity contribution in [2.75, 3.05) is 0 Å². The van der Waals surface area contributed by atoms with Gasteiger partial charge in [0.1, 0.15) is 22.6 Å². The second-order valence-corrected chi connectivity index (χ2v) is 30.1. The first kappa shape index (κ1) is 80.3. The Hall–Kier alpha value is -7.84. The van der Waals surface area contributed by atoms with Gasteiger partial charge in [-0.3, -0.25) is 0 Å². The zero-order valence-corrected chi connectivity index (χ0v) is 64.5. The molecule has 0 saturated heterocycles. The van der Waals surface area contributed by atoms with E-state index in [1.54, 1.807) is 0 Å². The van der Waals surface area contributed by atoms with Gasteiger partial charge in [0.2, 0.25) is 0 Å². The van der Waals surface area contributed by atoms with E-state index in [9.17, 15) is 0 Å². The summed E-state index contributed by atoms with van der Waals surface area (Å²) >= 11 is 0. The summed E-state index contributed by atoms with van der Waals surface area (Å²) in [6.45, 7) is 32.5. The minimum Gasteiger partial charge on any atom is -0.324 e. The first-order chi connectivity index (χ1) is 51.4. The molecular formula is C96H130N8. The molecule has 7 aromatic rings. The summed E-state index contributed by atoms with van der Waals surface area (Å²) in [5, 5.41) is 4.66. The summed E-state index contributed by atoms with van der Waals surface area (Å²) in [7, 11) is 0. The van der Waals surface area contributed by atoms with Crippen LogP contribution in [0.2, 0.25) is 0 Å². The molecule has 4 aromatic carbocycles. The van der Waals surface area contributed by atoms with Crippen LogP contribution >= 0.6 is 0 Å². The summed E-state index contributed by atoms with van der Waals surface area (Å²) in [5.74, 6) is 2.94. The van der Waals surface area contributed by atoms with Crippen molar-refractivity contribution in [3.05, 3.63) is 194 Å². The summed E-state index contributed by atoms with van der Waals surface area (Å²) < 4.78 is 0. The molecule has 3 aromatic heterocycles. The Kier molecular flexibility index (Phi) is 35.1. The molecule has 5 heterocycles. The van der Waals surface area contributed by atoms with Crippen molar-refractivity contribution >= 4 is 44.1 Å². The van der Waals surface area contributed by atoms with E-state index in [2.05, 4.69) is 160 Å². The van der Waals surface area contributed by atoms with Crippen LogP contribution in [0, 0.1) is 0 Å². The Labute approximate surface area is 628 Å². The number of aromatic amines is 2. The molecule has 0 spiro atoms. The van der Waals surface area contributed by atoms with Crippen LogP contribution in [-0.2, 0) is 51.4 Å². The first-order valence-corrected chi connectivity index (χ1v) is 41.7. The molecule has 8 bridgehead atoms. The molecule has 2 N–H and O–H groups in total. The lowest BCUT2D eigenvalue weighted by Crippen LogP contribution is -1.98. The van der Waals surface area contributed by atoms with Crippen molar-refractivity contribution in [2.45, 2.75) is 308 Å². The van der Waals surface area contributed by atoms with Gasteiger partial charge < -0.3 is 9.97 Å². The molecule has 8 nitrogen and oxygen atoms in total. The van der Waals surface area contributed by atoms with E-state index in [0.717, 1.165) is 347 Å². The van der Waals surface area contributed by atoms with Crippen molar-refractivity contribution in [3.8, 4) is 45.6 Å².